The fraction of sp³-hybridized carbons (Fsp3) is 0.211. The first-order chi connectivity index (χ1) is 11.1. The average molecular weight is 312 g/mol. The van der Waals surface area contributed by atoms with E-state index in [1.165, 1.54) is 7.11 Å². The molecule has 23 heavy (non-hydrogen) atoms. The number of carbonyl (C=O) groups is 1. The number of methoxy groups -OCH3 is 1. The van der Waals surface area contributed by atoms with Crippen molar-refractivity contribution in [2.45, 2.75) is 13.3 Å². The van der Waals surface area contributed by atoms with Gasteiger partial charge in [-0.15, -0.1) is 0 Å². The van der Waals surface area contributed by atoms with Gasteiger partial charge in [0.15, 0.2) is 0 Å². The summed E-state index contributed by atoms with van der Waals surface area (Å²) < 4.78 is 9.20. The highest BCUT2D eigenvalue weighted by Gasteiger charge is 2.07. The molecule has 0 saturated heterocycles. The van der Waals surface area contributed by atoms with E-state index in [0.717, 1.165) is 22.3 Å². The number of hydrogen-bond acceptors (Lipinski definition) is 4. The SMILES string of the molecule is COC(=O)OC/C=C/Cc1ccccc1-c1cc(O)ccc1C. The molecule has 0 saturated carbocycles. The molecule has 0 aliphatic carbocycles. The van der Waals surface area contributed by atoms with Crippen LogP contribution >= 0.6 is 0 Å². The Morgan fingerprint density at radius 1 is 1.13 bits per heavy atom. The van der Waals surface area contributed by atoms with E-state index >= 15 is 0 Å². The third-order valence-corrected chi connectivity index (χ3v) is 3.50. The number of benzene rings is 2. The van der Waals surface area contributed by atoms with Crippen LogP contribution in [0, 0.1) is 6.92 Å². The van der Waals surface area contributed by atoms with Crippen molar-refractivity contribution in [2.24, 2.45) is 0 Å². The van der Waals surface area contributed by atoms with E-state index in [1.54, 1.807) is 18.2 Å². The first-order valence-electron chi connectivity index (χ1n) is 7.35. The van der Waals surface area contributed by atoms with Crippen LogP contribution in [-0.2, 0) is 15.9 Å². The summed E-state index contributed by atoms with van der Waals surface area (Å²) in [6.45, 7) is 2.20. The van der Waals surface area contributed by atoms with Gasteiger partial charge in [0.2, 0.25) is 0 Å². The minimum atomic E-state index is -0.689. The predicted octanol–water partition coefficient (Wildman–Crippen LogP) is 4.25. The molecule has 2 aromatic rings. The number of allylic oxidation sites excluding steroid dienone is 1. The van der Waals surface area contributed by atoms with Crippen molar-refractivity contribution in [2.75, 3.05) is 13.7 Å². The molecule has 0 bridgehead atoms. The maximum absolute atomic E-state index is 10.9. The number of carbonyl (C=O) groups excluding carboxylic acids is 1. The van der Waals surface area contributed by atoms with Gasteiger partial charge in [0.05, 0.1) is 7.11 Å². The number of rotatable bonds is 5. The van der Waals surface area contributed by atoms with E-state index in [4.69, 9.17) is 4.74 Å². The van der Waals surface area contributed by atoms with Crippen LogP contribution in [0.4, 0.5) is 4.79 Å². The predicted molar refractivity (Wildman–Crippen MR) is 89.5 cm³/mol. The molecule has 0 fully saturated rings. The molecule has 0 heterocycles. The zero-order chi connectivity index (χ0) is 16.7. The van der Waals surface area contributed by atoms with Gasteiger partial charge in [-0.2, -0.15) is 0 Å². The largest absolute Gasteiger partial charge is 0.508 e. The Balaban J connectivity index is 2.13. The van der Waals surface area contributed by atoms with Crippen molar-refractivity contribution in [3.05, 3.63) is 65.7 Å². The van der Waals surface area contributed by atoms with E-state index in [1.807, 2.05) is 43.3 Å². The van der Waals surface area contributed by atoms with Crippen LogP contribution in [0.25, 0.3) is 11.1 Å². The molecule has 0 aliphatic heterocycles. The summed E-state index contributed by atoms with van der Waals surface area (Å²) in [6, 6.07) is 13.4. The standard InChI is InChI=1S/C19H20O4/c1-14-10-11-16(20)13-18(14)17-9-4-3-7-15(17)8-5-6-12-23-19(21)22-2/h3-7,9-11,13,20H,8,12H2,1-2H3/b6-5+. The van der Waals surface area contributed by atoms with Crippen LogP contribution in [-0.4, -0.2) is 25.0 Å². The Morgan fingerprint density at radius 2 is 1.91 bits per heavy atom. The van der Waals surface area contributed by atoms with Crippen molar-refractivity contribution in [1.29, 1.82) is 0 Å². The molecule has 0 spiro atoms. The van der Waals surface area contributed by atoms with Crippen LogP contribution in [0.5, 0.6) is 5.75 Å². The van der Waals surface area contributed by atoms with Gasteiger partial charge in [0.1, 0.15) is 12.4 Å². The van der Waals surface area contributed by atoms with Crippen LogP contribution in [0.2, 0.25) is 0 Å². The van der Waals surface area contributed by atoms with E-state index in [2.05, 4.69) is 4.74 Å². The topological polar surface area (TPSA) is 55.8 Å². The monoisotopic (exact) mass is 312 g/mol. The molecule has 0 amide bonds. The Bertz CT molecular complexity index is 704. The Morgan fingerprint density at radius 3 is 2.70 bits per heavy atom. The number of ether oxygens (including phenoxy) is 2. The summed E-state index contributed by atoms with van der Waals surface area (Å²) in [5, 5.41) is 9.74. The summed E-state index contributed by atoms with van der Waals surface area (Å²) in [6.07, 6.45) is 3.74. The summed E-state index contributed by atoms with van der Waals surface area (Å²) in [5.74, 6) is 0.252. The average Bonchev–Trinajstić information content (AvgIpc) is 2.57. The first kappa shape index (κ1) is 16.6. The Kier molecular flexibility index (Phi) is 5.80. The maximum Gasteiger partial charge on any atom is 0.508 e. The van der Waals surface area contributed by atoms with Crippen LogP contribution in [0.1, 0.15) is 11.1 Å². The second-order valence-corrected chi connectivity index (χ2v) is 5.10. The van der Waals surface area contributed by atoms with Crippen molar-refractivity contribution in [3.8, 4) is 16.9 Å². The number of phenolic OH excluding ortho intramolecular Hbond substituents is 1. The minimum absolute atomic E-state index is 0.181. The third-order valence-electron chi connectivity index (χ3n) is 3.50. The van der Waals surface area contributed by atoms with Crippen molar-refractivity contribution in [1.82, 2.24) is 0 Å². The molecule has 0 radical (unpaired) electrons. The number of aryl methyl sites for hydroxylation is 1. The molecule has 2 rings (SSSR count). The fourth-order valence-corrected chi connectivity index (χ4v) is 2.31. The minimum Gasteiger partial charge on any atom is -0.508 e. The van der Waals surface area contributed by atoms with Gasteiger partial charge in [-0.25, -0.2) is 4.79 Å². The lowest BCUT2D eigenvalue weighted by molar-refractivity contribution is 0.0818. The number of aromatic hydroxyl groups is 1. The smallest absolute Gasteiger partial charge is 0.508 e. The van der Waals surface area contributed by atoms with Gasteiger partial charge in [0, 0.05) is 0 Å². The summed E-state index contributed by atoms with van der Waals surface area (Å²) >= 11 is 0. The lowest BCUT2D eigenvalue weighted by Crippen LogP contribution is -2.03. The van der Waals surface area contributed by atoms with E-state index in [0.29, 0.717) is 6.42 Å². The molecular formula is C19H20O4. The van der Waals surface area contributed by atoms with Crippen molar-refractivity contribution in [3.63, 3.8) is 0 Å². The summed E-state index contributed by atoms with van der Waals surface area (Å²) in [5.41, 5.74) is 4.34. The lowest BCUT2D eigenvalue weighted by Gasteiger charge is -2.11. The van der Waals surface area contributed by atoms with Gasteiger partial charge in [-0.3, -0.25) is 0 Å². The van der Waals surface area contributed by atoms with Crippen molar-refractivity contribution >= 4 is 6.16 Å². The molecule has 120 valence electrons. The molecule has 0 aromatic heterocycles. The molecule has 0 atom stereocenters. The number of phenols is 1. The van der Waals surface area contributed by atoms with Crippen LogP contribution in [0.15, 0.2) is 54.6 Å². The van der Waals surface area contributed by atoms with E-state index in [-0.39, 0.29) is 12.4 Å². The fourth-order valence-electron chi connectivity index (χ4n) is 2.31. The van der Waals surface area contributed by atoms with Crippen molar-refractivity contribution < 1.29 is 19.4 Å². The van der Waals surface area contributed by atoms with Gasteiger partial charge in [-0.1, -0.05) is 42.5 Å². The Hall–Kier alpha value is -2.75. The van der Waals surface area contributed by atoms with Gasteiger partial charge >= 0.3 is 6.16 Å². The quantitative estimate of drug-likeness (QED) is 0.662. The van der Waals surface area contributed by atoms with Crippen LogP contribution < -0.4 is 0 Å². The summed E-state index contributed by atoms with van der Waals surface area (Å²) in [4.78, 5) is 10.9. The summed E-state index contributed by atoms with van der Waals surface area (Å²) in [7, 11) is 1.28. The molecule has 0 unspecified atom stereocenters. The zero-order valence-electron chi connectivity index (χ0n) is 13.3. The Labute approximate surface area is 136 Å². The molecule has 0 aliphatic rings. The highest BCUT2D eigenvalue weighted by molar-refractivity contribution is 5.72. The second kappa shape index (κ2) is 8.03. The zero-order valence-corrected chi connectivity index (χ0v) is 13.3. The highest BCUT2D eigenvalue weighted by atomic mass is 16.7. The van der Waals surface area contributed by atoms with E-state index in [9.17, 15) is 9.90 Å². The molecule has 4 nitrogen and oxygen atoms in total. The second-order valence-electron chi connectivity index (χ2n) is 5.10. The maximum atomic E-state index is 10.9. The highest BCUT2D eigenvalue weighted by Crippen LogP contribution is 2.30. The molecular weight excluding hydrogens is 292 g/mol. The molecule has 4 heteroatoms. The third kappa shape index (κ3) is 4.61. The lowest BCUT2D eigenvalue weighted by atomic mass is 9.94. The van der Waals surface area contributed by atoms with Gasteiger partial charge < -0.3 is 14.6 Å². The van der Waals surface area contributed by atoms with Gasteiger partial charge in [0.25, 0.3) is 0 Å². The number of hydrogen-bond donors (Lipinski definition) is 1. The molecule has 1 N–H and O–H groups in total. The molecule has 2 aromatic carbocycles. The van der Waals surface area contributed by atoms with Crippen LogP contribution in [0.3, 0.4) is 0 Å². The van der Waals surface area contributed by atoms with E-state index < -0.39 is 6.16 Å². The normalized spacial score (nSPS) is 10.7. The first-order valence-corrected chi connectivity index (χ1v) is 7.35. The van der Waals surface area contributed by atoms with Gasteiger partial charge in [-0.05, 0) is 47.7 Å².